The van der Waals surface area contributed by atoms with Crippen LogP contribution in [0.4, 0.5) is 4.79 Å². The third-order valence-electron chi connectivity index (χ3n) is 4.59. The van der Waals surface area contributed by atoms with Gasteiger partial charge in [-0.15, -0.1) is 0 Å². The van der Waals surface area contributed by atoms with Crippen molar-refractivity contribution in [2.45, 2.75) is 47.0 Å². The Bertz CT molecular complexity index is 912. The standard InChI is InChI=1S/C21H32N2O8S/c1-15-17(19(25)26)8-5-9-18(15)31-20(27)23-11-6-10-21(3,4)14-30-32(28,29)13-7-12-22-16(2)24/h5,8-9H,6-7,10-14H2,1-4H3,(H,22,24)(H,23,27)(H,25,26). The first-order chi connectivity index (χ1) is 14.8. The molecule has 0 aliphatic heterocycles. The van der Waals surface area contributed by atoms with Crippen LogP contribution < -0.4 is 15.4 Å². The summed E-state index contributed by atoms with van der Waals surface area (Å²) in [5.41, 5.74) is -0.0308. The maximum Gasteiger partial charge on any atom is 0.412 e. The van der Waals surface area contributed by atoms with Crippen LogP contribution in [-0.2, 0) is 19.1 Å². The molecule has 1 aromatic carbocycles. The van der Waals surface area contributed by atoms with Gasteiger partial charge in [0.1, 0.15) is 5.75 Å². The number of rotatable bonds is 13. The summed E-state index contributed by atoms with van der Waals surface area (Å²) in [5, 5.41) is 14.2. The third-order valence-corrected chi connectivity index (χ3v) is 5.86. The molecule has 0 radical (unpaired) electrons. The zero-order valence-corrected chi connectivity index (χ0v) is 19.7. The number of hydrogen-bond acceptors (Lipinski definition) is 7. The molecule has 0 atom stereocenters. The smallest absolute Gasteiger partial charge is 0.412 e. The molecule has 0 aliphatic rings. The topological polar surface area (TPSA) is 148 Å². The van der Waals surface area contributed by atoms with E-state index in [1.54, 1.807) is 6.92 Å². The maximum atomic E-state index is 12.0. The Balaban J connectivity index is 2.36. The molecule has 0 spiro atoms. The summed E-state index contributed by atoms with van der Waals surface area (Å²) in [7, 11) is -3.69. The zero-order valence-electron chi connectivity index (χ0n) is 18.9. The number of amides is 2. The zero-order chi connectivity index (χ0) is 24.4. The molecular weight excluding hydrogens is 440 g/mol. The van der Waals surface area contributed by atoms with Crippen molar-refractivity contribution in [3.05, 3.63) is 29.3 Å². The Kier molecular flexibility index (Phi) is 10.6. The molecule has 32 heavy (non-hydrogen) atoms. The summed E-state index contributed by atoms with van der Waals surface area (Å²) in [6.07, 6.45) is 0.708. The number of hydrogen-bond donors (Lipinski definition) is 3. The highest BCUT2D eigenvalue weighted by Gasteiger charge is 2.22. The van der Waals surface area contributed by atoms with E-state index in [-0.39, 0.29) is 42.5 Å². The van der Waals surface area contributed by atoms with Crippen molar-refractivity contribution in [1.82, 2.24) is 10.6 Å². The Morgan fingerprint density at radius 3 is 2.38 bits per heavy atom. The molecule has 0 bridgehead atoms. The largest absolute Gasteiger partial charge is 0.478 e. The van der Waals surface area contributed by atoms with Gasteiger partial charge >= 0.3 is 12.1 Å². The molecule has 0 aromatic heterocycles. The van der Waals surface area contributed by atoms with Crippen LogP contribution in [-0.4, -0.2) is 56.9 Å². The van der Waals surface area contributed by atoms with Crippen LogP contribution in [0, 0.1) is 12.3 Å². The van der Waals surface area contributed by atoms with Crippen LogP contribution in [0.25, 0.3) is 0 Å². The summed E-state index contributed by atoms with van der Waals surface area (Å²) in [6.45, 7) is 7.20. The van der Waals surface area contributed by atoms with Gasteiger partial charge in [-0.2, -0.15) is 8.42 Å². The molecule has 2 amide bonds. The van der Waals surface area contributed by atoms with Gasteiger partial charge in [0.05, 0.1) is 17.9 Å². The molecule has 1 aromatic rings. The predicted octanol–water partition coefficient (Wildman–Crippen LogP) is 2.46. The fraction of sp³-hybridized carbons (Fsp3) is 0.571. The van der Waals surface area contributed by atoms with Gasteiger partial charge in [-0.25, -0.2) is 9.59 Å². The van der Waals surface area contributed by atoms with Crippen molar-refractivity contribution >= 4 is 28.1 Å². The number of carboxylic acids is 1. The van der Waals surface area contributed by atoms with E-state index in [9.17, 15) is 22.8 Å². The first-order valence-corrected chi connectivity index (χ1v) is 11.8. The van der Waals surface area contributed by atoms with Crippen molar-refractivity contribution in [2.24, 2.45) is 5.41 Å². The van der Waals surface area contributed by atoms with E-state index >= 15 is 0 Å². The Labute approximate surface area is 188 Å². The number of carbonyl (C=O) groups is 3. The number of ether oxygens (including phenoxy) is 1. The van der Waals surface area contributed by atoms with Gasteiger partial charge < -0.3 is 20.5 Å². The van der Waals surface area contributed by atoms with E-state index in [0.717, 1.165) is 0 Å². The highest BCUT2D eigenvalue weighted by atomic mass is 32.2. The average Bonchev–Trinajstić information content (AvgIpc) is 2.69. The van der Waals surface area contributed by atoms with Crippen molar-refractivity contribution in [1.29, 1.82) is 0 Å². The molecule has 0 aliphatic carbocycles. The van der Waals surface area contributed by atoms with Crippen molar-refractivity contribution in [2.75, 3.05) is 25.4 Å². The molecule has 10 nitrogen and oxygen atoms in total. The second kappa shape index (κ2) is 12.4. The van der Waals surface area contributed by atoms with Crippen LogP contribution in [0.1, 0.15) is 56.0 Å². The quantitative estimate of drug-likeness (QED) is 0.293. The summed E-state index contributed by atoms with van der Waals surface area (Å²) < 4.78 is 34.2. The van der Waals surface area contributed by atoms with Crippen molar-refractivity contribution in [3.8, 4) is 5.75 Å². The van der Waals surface area contributed by atoms with E-state index in [1.807, 2.05) is 13.8 Å². The van der Waals surface area contributed by atoms with Gasteiger partial charge in [0, 0.05) is 25.6 Å². The summed E-state index contributed by atoms with van der Waals surface area (Å²) in [4.78, 5) is 33.9. The molecule has 0 heterocycles. The fourth-order valence-corrected chi connectivity index (χ4v) is 3.86. The monoisotopic (exact) mass is 472 g/mol. The average molecular weight is 473 g/mol. The minimum absolute atomic E-state index is 0.00108. The van der Waals surface area contributed by atoms with E-state index in [0.29, 0.717) is 24.9 Å². The van der Waals surface area contributed by atoms with Crippen LogP contribution in [0.5, 0.6) is 5.75 Å². The van der Waals surface area contributed by atoms with Crippen LogP contribution in [0.15, 0.2) is 18.2 Å². The molecule has 11 heteroatoms. The molecule has 0 saturated heterocycles. The molecule has 1 rings (SSSR count). The Hall–Kier alpha value is -2.66. The van der Waals surface area contributed by atoms with Gasteiger partial charge in [0.2, 0.25) is 5.91 Å². The normalized spacial score (nSPS) is 11.6. The van der Waals surface area contributed by atoms with Gasteiger partial charge in [0.15, 0.2) is 0 Å². The first kappa shape index (κ1) is 27.4. The lowest BCUT2D eigenvalue weighted by atomic mass is 9.89. The van der Waals surface area contributed by atoms with Gasteiger partial charge in [0.25, 0.3) is 10.1 Å². The summed E-state index contributed by atoms with van der Waals surface area (Å²) in [6, 6.07) is 4.43. The predicted molar refractivity (Wildman–Crippen MR) is 118 cm³/mol. The number of nitrogens with one attached hydrogen (secondary N) is 2. The summed E-state index contributed by atoms with van der Waals surface area (Å²) in [5.74, 6) is -1.34. The molecule has 0 unspecified atom stereocenters. The summed E-state index contributed by atoms with van der Waals surface area (Å²) >= 11 is 0. The Morgan fingerprint density at radius 2 is 1.75 bits per heavy atom. The number of carboxylic acid groups (broad SMARTS) is 1. The van der Waals surface area contributed by atoms with Crippen LogP contribution in [0.2, 0.25) is 0 Å². The maximum absolute atomic E-state index is 12.0. The molecule has 3 N–H and O–H groups in total. The minimum Gasteiger partial charge on any atom is -0.478 e. The second-order valence-corrected chi connectivity index (χ2v) is 9.94. The number of benzene rings is 1. The van der Waals surface area contributed by atoms with Gasteiger partial charge in [-0.05, 0) is 43.7 Å². The highest BCUT2D eigenvalue weighted by molar-refractivity contribution is 7.86. The molecule has 180 valence electrons. The van der Waals surface area contributed by atoms with Gasteiger partial charge in [-0.3, -0.25) is 8.98 Å². The second-order valence-electron chi connectivity index (χ2n) is 8.18. The van der Waals surface area contributed by atoms with E-state index in [2.05, 4.69) is 10.6 Å². The third kappa shape index (κ3) is 10.6. The Morgan fingerprint density at radius 1 is 1.09 bits per heavy atom. The minimum atomic E-state index is -3.69. The van der Waals surface area contributed by atoms with Gasteiger partial charge in [-0.1, -0.05) is 19.9 Å². The van der Waals surface area contributed by atoms with Crippen LogP contribution in [0.3, 0.4) is 0 Å². The molecule has 0 fully saturated rings. The van der Waals surface area contributed by atoms with E-state index in [4.69, 9.17) is 14.0 Å². The first-order valence-electron chi connectivity index (χ1n) is 10.2. The molecular formula is C21H32N2O8S. The number of aromatic carboxylic acids is 1. The van der Waals surface area contributed by atoms with E-state index in [1.165, 1.54) is 25.1 Å². The lowest BCUT2D eigenvalue weighted by molar-refractivity contribution is -0.118. The number of carbonyl (C=O) groups excluding carboxylic acids is 2. The molecule has 0 saturated carbocycles. The fourth-order valence-electron chi connectivity index (χ4n) is 2.74. The van der Waals surface area contributed by atoms with Crippen LogP contribution >= 0.6 is 0 Å². The lowest BCUT2D eigenvalue weighted by Gasteiger charge is -2.24. The lowest BCUT2D eigenvalue weighted by Crippen LogP contribution is -2.30. The van der Waals surface area contributed by atoms with Crippen molar-refractivity contribution < 1.29 is 36.8 Å². The van der Waals surface area contributed by atoms with E-state index < -0.39 is 27.6 Å². The highest BCUT2D eigenvalue weighted by Crippen LogP contribution is 2.24. The SMILES string of the molecule is CC(=O)NCCCS(=O)(=O)OCC(C)(C)CCCNC(=O)Oc1cccc(C(=O)O)c1C. The van der Waals surface area contributed by atoms with Crippen molar-refractivity contribution in [3.63, 3.8) is 0 Å².